The Morgan fingerprint density at radius 3 is 2.53 bits per heavy atom. The Hall–Kier alpha value is -0.860. The number of ether oxygens (including phenoxy) is 1. The minimum atomic E-state index is -0.200. The molecule has 0 heterocycles. The maximum atomic E-state index is 9.51. The van der Waals surface area contributed by atoms with E-state index in [1.165, 1.54) is 5.56 Å². The Bertz CT molecular complexity index is 282. The van der Waals surface area contributed by atoms with Gasteiger partial charge in [-0.3, -0.25) is 0 Å². The van der Waals surface area contributed by atoms with Crippen LogP contribution < -0.4 is 0 Å². The van der Waals surface area contributed by atoms with E-state index in [-0.39, 0.29) is 6.10 Å². The SMILES string of the molecule is CCC(CCCOCc1ccccc1)C(C)O. The molecule has 96 valence electrons. The molecule has 0 radical (unpaired) electrons. The molecule has 2 atom stereocenters. The molecule has 0 bridgehead atoms. The molecule has 2 unspecified atom stereocenters. The highest BCUT2D eigenvalue weighted by Crippen LogP contribution is 2.15. The minimum absolute atomic E-state index is 0.200. The average Bonchev–Trinajstić information content (AvgIpc) is 2.34. The second-order valence-corrected chi connectivity index (χ2v) is 4.59. The summed E-state index contributed by atoms with van der Waals surface area (Å²) in [6.45, 7) is 5.46. The summed E-state index contributed by atoms with van der Waals surface area (Å²) in [5.41, 5.74) is 1.22. The summed E-state index contributed by atoms with van der Waals surface area (Å²) >= 11 is 0. The van der Waals surface area contributed by atoms with Crippen LogP contribution in [0.25, 0.3) is 0 Å². The summed E-state index contributed by atoms with van der Waals surface area (Å²) in [4.78, 5) is 0. The molecule has 17 heavy (non-hydrogen) atoms. The molecular formula is C15H24O2. The summed E-state index contributed by atoms with van der Waals surface area (Å²) in [6.07, 6.45) is 2.91. The fourth-order valence-corrected chi connectivity index (χ4v) is 2.00. The number of hydrogen-bond donors (Lipinski definition) is 1. The first-order valence-corrected chi connectivity index (χ1v) is 6.53. The van der Waals surface area contributed by atoms with Crippen molar-refractivity contribution in [3.8, 4) is 0 Å². The summed E-state index contributed by atoms with van der Waals surface area (Å²) in [5.74, 6) is 0.412. The Kier molecular flexibility index (Phi) is 6.90. The number of hydrogen-bond acceptors (Lipinski definition) is 2. The number of aliphatic hydroxyl groups excluding tert-OH is 1. The van der Waals surface area contributed by atoms with E-state index in [1.807, 2.05) is 25.1 Å². The van der Waals surface area contributed by atoms with Crippen LogP contribution in [0.4, 0.5) is 0 Å². The van der Waals surface area contributed by atoms with Gasteiger partial charge in [-0.25, -0.2) is 0 Å². The first kappa shape index (κ1) is 14.2. The molecule has 1 aromatic carbocycles. The topological polar surface area (TPSA) is 29.5 Å². The van der Waals surface area contributed by atoms with Crippen molar-refractivity contribution in [1.29, 1.82) is 0 Å². The van der Waals surface area contributed by atoms with Crippen LogP contribution in [0.3, 0.4) is 0 Å². The van der Waals surface area contributed by atoms with E-state index in [2.05, 4.69) is 19.1 Å². The summed E-state index contributed by atoms with van der Waals surface area (Å²) in [7, 11) is 0. The van der Waals surface area contributed by atoms with Crippen molar-refractivity contribution < 1.29 is 9.84 Å². The van der Waals surface area contributed by atoms with Gasteiger partial charge < -0.3 is 9.84 Å². The van der Waals surface area contributed by atoms with Crippen molar-refractivity contribution in [2.75, 3.05) is 6.61 Å². The maximum Gasteiger partial charge on any atom is 0.0716 e. The molecule has 0 saturated heterocycles. The standard InChI is InChI=1S/C15H24O2/c1-3-15(13(2)16)10-7-11-17-12-14-8-5-4-6-9-14/h4-6,8-9,13,15-16H,3,7,10-12H2,1-2H3. The van der Waals surface area contributed by atoms with Crippen LogP contribution in [-0.4, -0.2) is 17.8 Å². The highest BCUT2D eigenvalue weighted by molar-refractivity contribution is 5.13. The van der Waals surface area contributed by atoms with Gasteiger partial charge >= 0.3 is 0 Å². The number of rotatable bonds is 8. The number of aliphatic hydroxyl groups is 1. The zero-order valence-corrected chi connectivity index (χ0v) is 10.9. The molecule has 2 heteroatoms. The molecule has 0 aliphatic rings. The zero-order chi connectivity index (χ0) is 12.5. The monoisotopic (exact) mass is 236 g/mol. The summed E-state index contributed by atoms with van der Waals surface area (Å²) in [6, 6.07) is 10.2. The highest BCUT2D eigenvalue weighted by Gasteiger charge is 2.11. The van der Waals surface area contributed by atoms with Crippen LogP contribution in [0, 0.1) is 5.92 Å². The second-order valence-electron chi connectivity index (χ2n) is 4.59. The van der Waals surface area contributed by atoms with Crippen LogP contribution in [-0.2, 0) is 11.3 Å². The molecular weight excluding hydrogens is 212 g/mol. The van der Waals surface area contributed by atoms with Gasteiger partial charge in [0.2, 0.25) is 0 Å². The van der Waals surface area contributed by atoms with Crippen LogP contribution in [0.2, 0.25) is 0 Å². The normalized spacial score (nSPS) is 14.5. The molecule has 1 rings (SSSR count). The minimum Gasteiger partial charge on any atom is -0.393 e. The molecule has 0 spiro atoms. The first-order valence-electron chi connectivity index (χ1n) is 6.53. The zero-order valence-electron chi connectivity index (χ0n) is 10.9. The lowest BCUT2D eigenvalue weighted by Crippen LogP contribution is -2.16. The lowest BCUT2D eigenvalue weighted by molar-refractivity contribution is 0.0886. The molecule has 0 fully saturated rings. The van der Waals surface area contributed by atoms with Gasteiger partial charge in [0.15, 0.2) is 0 Å². The molecule has 0 saturated carbocycles. The van der Waals surface area contributed by atoms with Crippen molar-refractivity contribution in [3.05, 3.63) is 35.9 Å². The van der Waals surface area contributed by atoms with E-state index in [0.717, 1.165) is 25.9 Å². The van der Waals surface area contributed by atoms with E-state index >= 15 is 0 Å². The van der Waals surface area contributed by atoms with Gasteiger partial charge in [-0.05, 0) is 31.2 Å². The smallest absolute Gasteiger partial charge is 0.0716 e. The molecule has 1 N–H and O–H groups in total. The van der Waals surface area contributed by atoms with Gasteiger partial charge in [0.25, 0.3) is 0 Å². The highest BCUT2D eigenvalue weighted by atomic mass is 16.5. The van der Waals surface area contributed by atoms with Crippen molar-refractivity contribution >= 4 is 0 Å². The predicted octanol–water partition coefficient (Wildman–Crippen LogP) is 3.39. The Balaban J connectivity index is 2.08. The van der Waals surface area contributed by atoms with Crippen molar-refractivity contribution in [3.63, 3.8) is 0 Å². The quantitative estimate of drug-likeness (QED) is 0.701. The third kappa shape index (κ3) is 5.85. The van der Waals surface area contributed by atoms with Gasteiger partial charge in [-0.15, -0.1) is 0 Å². The van der Waals surface area contributed by atoms with Crippen molar-refractivity contribution in [2.24, 2.45) is 5.92 Å². The largest absolute Gasteiger partial charge is 0.393 e. The fraction of sp³-hybridized carbons (Fsp3) is 0.600. The van der Waals surface area contributed by atoms with E-state index in [0.29, 0.717) is 12.5 Å². The van der Waals surface area contributed by atoms with Crippen molar-refractivity contribution in [1.82, 2.24) is 0 Å². The van der Waals surface area contributed by atoms with E-state index in [4.69, 9.17) is 4.74 Å². The second kappa shape index (κ2) is 8.26. The predicted molar refractivity (Wildman–Crippen MR) is 70.8 cm³/mol. The molecule has 2 nitrogen and oxygen atoms in total. The number of benzene rings is 1. The van der Waals surface area contributed by atoms with Gasteiger partial charge in [0.1, 0.15) is 0 Å². The molecule has 0 aliphatic heterocycles. The van der Waals surface area contributed by atoms with E-state index < -0.39 is 0 Å². The lowest BCUT2D eigenvalue weighted by Gasteiger charge is -2.17. The Morgan fingerprint density at radius 2 is 1.94 bits per heavy atom. The molecule has 1 aromatic rings. The van der Waals surface area contributed by atoms with Crippen LogP contribution in [0.1, 0.15) is 38.7 Å². The van der Waals surface area contributed by atoms with Crippen LogP contribution in [0.15, 0.2) is 30.3 Å². The average molecular weight is 236 g/mol. The molecule has 0 aliphatic carbocycles. The van der Waals surface area contributed by atoms with Crippen LogP contribution in [0.5, 0.6) is 0 Å². The van der Waals surface area contributed by atoms with Gasteiger partial charge in [0.05, 0.1) is 12.7 Å². The lowest BCUT2D eigenvalue weighted by atomic mass is 9.95. The summed E-state index contributed by atoms with van der Waals surface area (Å²) in [5, 5.41) is 9.51. The van der Waals surface area contributed by atoms with E-state index in [1.54, 1.807) is 0 Å². The Labute approximate surface area is 105 Å². The molecule has 0 aromatic heterocycles. The third-order valence-corrected chi connectivity index (χ3v) is 3.18. The maximum absolute atomic E-state index is 9.51. The first-order chi connectivity index (χ1) is 8.24. The summed E-state index contributed by atoms with van der Waals surface area (Å²) < 4.78 is 5.61. The van der Waals surface area contributed by atoms with Crippen molar-refractivity contribution in [2.45, 2.75) is 45.8 Å². The van der Waals surface area contributed by atoms with Gasteiger partial charge in [0, 0.05) is 6.61 Å². The van der Waals surface area contributed by atoms with E-state index in [9.17, 15) is 5.11 Å². The molecule has 0 amide bonds. The Morgan fingerprint density at radius 1 is 1.24 bits per heavy atom. The van der Waals surface area contributed by atoms with Crippen LogP contribution >= 0.6 is 0 Å². The van der Waals surface area contributed by atoms with Gasteiger partial charge in [-0.1, -0.05) is 43.7 Å². The fourth-order valence-electron chi connectivity index (χ4n) is 2.00. The third-order valence-electron chi connectivity index (χ3n) is 3.18. The van der Waals surface area contributed by atoms with Gasteiger partial charge in [-0.2, -0.15) is 0 Å².